The van der Waals surface area contributed by atoms with Crippen molar-refractivity contribution in [1.29, 1.82) is 5.41 Å². The van der Waals surface area contributed by atoms with E-state index in [1.807, 2.05) is 61.7 Å². The number of amides is 1. The highest BCUT2D eigenvalue weighted by molar-refractivity contribution is 8.26. The zero-order valence-corrected chi connectivity index (χ0v) is 18.2. The molecule has 2 aromatic carbocycles. The summed E-state index contributed by atoms with van der Waals surface area (Å²) >= 11 is 7.36. The average molecular weight is 448 g/mol. The second-order valence-corrected chi connectivity index (χ2v) is 8.70. The molecule has 0 fully saturated rings. The number of hydrazone groups is 1. The number of carbonyl (C=O) groups excluding carboxylic acids is 1. The number of carbonyl (C=O) groups is 1. The highest BCUT2D eigenvalue weighted by Gasteiger charge is 2.35. The first kappa shape index (κ1) is 19.8. The highest BCUT2D eigenvalue weighted by atomic mass is 35.5. The molecule has 0 saturated carbocycles. The van der Waals surface area contributed by atoms with Crippen molar-refractivity contribution in [3.63, 3.8) is 0 Å². The third kappa shape index (κ3) is 3.60. The molecule has 1 aromatic heterocycles. The van der Waals surface area contributed by atoms with Gasteiger partial charge in [0.05, 0.1) is 5.57 Å². The first-order valence-corrected chi connectivity index (χ1v) is 11.0. The predicted octanol–water partition coefficient (Wildman–Crippen LogP) is 5.37. The fourth-order valence-electron chi connectivity index (χ4n) is 3.64. The molecule has 0 saturated heterocycles. The van der Waals surface area contributed by atoms with E-state index in [0.29, 0.717) is 16.7 Å². The summed E-state index contributed by atoms with van der Waals surface area (Å²) in [6.45, 7) is 2.66. The molecular weight excluding hydrogens is 430 g/mol. The molecule has 3 aromatic rings. The van der Waals surface area contributed by atoms with E-state index in [1.54, 1.807) is 6.08 Å². The number of nitrogens with one attached hydrogen (secondary N) is 1. The van der Waals surface area contributed by atoms with Crippen LogP contribution >= 0.6 is 23.4 Å². The maximum Gasteiger partial charge on any atom is 0.283 e. The zero-order chi connectivity index (χ0) is 21.5. The summed E-state index contributed by atoms with van der Waals surface area (Å²) in [5, 5.41) is 17.4. The standard InChI is InChI=1S/C23H18ClN5OS/c1-2-20-27-29-21(25)18(22(30)26-23(29)31-20)11-15-13-28(19-6-4-3-5-17(15)19)12-14-7-9-16(24)10-8-14/h3-11,13,25H,2,12H2,1H3. The number of aromatic nitrogens is 1. The number of fused-ring (bicyclic) bond motifs is 2. The molecule has 3 heterocycles. The van der Waals surface area contributed by atoms with Gasteiger partial charge in [0, 0.05) is 34.2 Å². The number of rotatable bonds is 4. The highest BCUT2D eigenvalue weighted by Crippen LogP contribution is 2.31. The van der Waals surface area contributed by atoms with E-state index in [4.69, 9.17) is 17.0 Å². The maximum atomic E-state index is 12.7. The van der Waals surface area contributed by atoms with Gasteiger partial charge in [0.25, 0.3) is 5.91 Å². The number of aliphatic imine (C=N–C) groups is 1. The van der Waals surface area contributed by atoms with Crippen molar-refractivity contribution in [2.75, 3.05) is 0 Å². The molecule has 0 spiro atoms. The molecule has 0 bridgehead atoms. The summed E-state index contributed by atoms with van der Waals surface area (Å²) in [7, 11) is 0. The maximum absolute atomic E-state index is 12.7. The molecule has 2 aliphatic heterocycles. The molecule has 2 aliphatic rings. The van der Waals surface area contributed by atoms with Crippen molar-refractivity contribution in [2.45, 2.75) is 19.9 Å². The van der Waals surface area contributed by atoms with Crippen molar-refractivity contribution in [1.82, 2.24) is 9.58 Å². The quantitative estimate of drug-likeness (QED) is 0.546. The Hall–Kier alpha value is -3.16. The van der Waals surface area contributed by atoms with Crippen molar-refractivity contribution in [2.24, 2.45) is 10.1 Å². The Balaban J connectivity index is 1.56. The van der Waals surface area contributed by atoms with Gasteiger partial charge in [-0.2, -0.15) is 15.1 Å². The van der Waals surface area contributed by atoms with Gasteiger partial charge in [0.1, 0.15) is 5.04 Å². The molecule has 0 radical (unpaired) electrons. The largest absolute Gasteiger partial charge is 0.342 e. The lowest BCUT2D eigenvalue weighted by Crippen LogP contribution is -2.35. The first-order chi connectivity index (χ1) is 15.0. The van der Waals surface area contributed by atoms with Crippen LogP contribution in [0.3, 0.4) is 0 Å². The molecule has 5 rings (SSSR count). The van der Waals surface area contributed by atoms with Gasteiger partial charge in [0.2, 0.25) is 5.17 Å². The first-order valence-electron chi connectivity index (χ1n) is 9.85. The van der Waals surface area contributed by atoms with E-state index in [0.717, 1.165) is 33.5 Å². The Morgan fingerprint density at radius 3 is 2.71 bits per heavy atom. The molecule has 0 aliphatic carbocycles. The van der Waals surface area contributed by atoms with Crippen LogP contribution in [0.2, 0.25) is 5.02 Å². The number of nitrogens with zero attached hydrogens (tertiary/aromatic N) is 4. The number of hydrogen-bond donors (Lipinski definition) is 1. The summed E-state index contributed by atoms with van der Waals surface area (Å²) in [6.07, 6.45) is 4.49. The monoisotopic (exact) mass is 447 g/mol. The number of hydrogen-bond acceptors (Lipinski definition) is 4. The minimum Gasteiger partial charge on any atom is -0.342 e. The molecule has 8 heteroatoms. The van der Waals surface area contributed by atoms with Crippen molar-refractivity contribution in [3.05, 3.63) is 76.5 Å². The third-order valence-corrected chi connectivity index (χ3v) is 6.49. The number of thioether (sulfide) groups is 1. The Labute approximate surface area is 188 Å². The van der Waals surface area contributed by atoms with Crippen LogP contribution in [-0.2, 0) is 11.3 Å². The van der Waals surface area contributed by atoms with Crippen LogP contribution < -0.4 is 0 Å². The second kappa shape index (κ2) is 7.83. The van der Waals surface area contributed by atoms with E-state index in [9.17, 15) is 4.79 Å². The van der Waals surface area contributed by atoms with Gasteiger partial charge < -0.3 is 4.57 Å². The van der Waals surface area contributed by atoms with E-state index in [1.165, 1.54) is 16.8 Å². The normalized spacial score (nSPS) is 17.4. The van der Waals surface area contributed by atoms with E-state index in [-0.39, 0.29) is 11.4 Å². The SMILES string of the molecule is CCC1=NN2C(=N)C(=Cc3cn(Cc4ccc(Cl)cc4)c4ccccc34)C(=O)N=C2S1. The average Bonchev–Trinajstić information content (AvgIpc) is 3.34. The smallest absolute Gasteiger partial charge is 0.283 e. The molecule has 1 N–H and O–H groups in total. The van der Waals surface area contributed by atoms with E-state index < -0.39 is 5.91 Å². The van der Waals surface area contributed by atoms with Crippen LogP contribution in [0.15, 0.2) is 70.4 Å². The fourth-order valence-corrected chi connectivity index (χ4v) is 4.59. The van der Waals surface area contributed by atoms with Crippen LogP contribution in [0.5, 0.6) is 0 Å². The Kier molecular flexibility index (Phi) is 5.00. The van der Waals surface area contributed by atoms with Gasteiger partial charge in [-0.05, 0) is 48.0 Å². The minimum absolute atomic E-state index is 0.0560. The Morgan fingerprint density at radius 1 is 1.16 bits per heavy atom. The van der Waals surface area contributed by atoms with E-state index in [2.05, 4.69) is 14.7 Å². The summed E-state index contributed by atoms with van der Waals surface area (Å²) in [5.74, 6) is -0.355. The summed E-state index contributed by atoms with van der Waals surface area (Å²) in [5.41, 5.74) is 3.27. The van der Waals surface area contributed by atoms with Crippen molar-refractivity contribution < 1.29 is 4.79 Å². The fraction of sp³-hybridized carbons (Fsp3) is 0.130. The zero-order valence-electron chi connectivity index (χ0n) is 16.7. The van der Waals surface area contributed by atoms with Gasteiger partial charge in [-0.25, -0.2) is 0 Å². The molecule has 6 nitrogen and oxygen atoms in total. The van der Waals surface area contributed by atoms with Crippen LogP contribution in [0.1, 0.15) is 24.5 Å². The predicted molar refractivity (Wildman–Crippen MR) is 128 cm³/mol. The van der Waals surface area contributed by atoms with Gasteiger partial charge in [-0.15, -0.1) is 0 Å². The molecule has 1 amide bonds. The number of amidine groups is 2. The number of para-hydroxylation sites is 1. The lowest BCUT2D eigenvalue weighted by atomic mass is 10.1. The summed E-state index contributed by atoms with van der Waals surface area (Å²) < 4.78 is 2.13. The lowest BCUT2D eigenvalue weighted by molar-refractivity contribution is -0.114. The van der Waals surface area contributed by atoms with E-state index >= 15 is 0 Å². The molecule has 0 unspecified atom stereocenters. The molecule has 31 heavy (non-hydrogen) atoms. The number of benzene rings is 2. The Morgan fingerprint density at radius 2 is 1.94 bits per heavy atom. The van der Waals surface area contributed by atoms with Gasteiger partial charge in [0.15, 0.2) is 5.84 Å². The number of halogens is 1. The van der Waals surface area contributed by atoms with Gasteiger partial charge in [-0.1, -0.05) is 48.9 Å². The molecular formula is C23H18ClN5OS. The third-order valence-electron chi connectivity index (χ3n) is 5.18. The van der Waals surface area contributed by atoms with Gasteiger partial charge in [-0.3, -0.25) is 10.2 Å². The molecule has 154 valence electrons. The van der Waals surface area contributed by atoms with Crippen LogP contribution in [-0.4, -0.2) is 31.5 Å². The van der Waals surface area contributed by atoms with Crippen LogP contribution in [0, 0.1) is 5.41 Å². The minimum atomic E-state index is -0.411. The lowest BCUT2D eigenvalue weighted by Gasteiger charge is -2.20. The molecule has 0 atom stereocenters. The van der Waals surface area contributed by atoms with Crippen molar-refractivity contribution >= 4 is 62.3 Å². The summed E-state index contributed by atoms with van der Waals surface area (Å²) in [4.78, 5) is 16.9. The summed E-state index contributed by atoms with van der Waals surface area (Å²) in [6, 6.07) is 15.8. The second-order valence-electron chi connectivity index (χ2n) is 7.22. The van der Waals surface area contributed by atoms with Gasteiger partial charge >= 0.3 is 0 Å². The topological polar surface area (TPSA) is 73.8 Å². The van der Waals surface area contributed by atoms with Crippen LogP contribution in [0.25, 0.3) is 17.0 Å². The Bertz CT molecular complexity index is 1320. The van der Waals surface area contributed by atoms with Crippen LogP contribution in [0.4, 0.5) is 0 Å². The van der Waals surface area contributed by atoms with Crippen molar-refractivity contribution in [3.8, 4) is 0 Å².